The Balaban J connectivity index is 0.00000274. The lowest BCUT2D eigenvalue weighted by molar-refractivity contribution is -0.00294. The van der Waals surface area contributed by atoms with E-state index in [0.29, 0.717) is 23.9 Å². The van der Waals surface area contributed by atoms with Gasteiger partial charge in [0.25, 0.3) is 5.82 Å². The topological polar surface area (TPSA) is 79.1 Å². The van der Waals surface area contributed by atoms with Crippen molar-refractivity contribution in [2.75, 3.05) is 50.8 Å². The number of nitrogens with zero attached hydrogens (tertiary/aromatic N) is 7. The van der Waals surface area contributed by atoms with Crippen molar-refractivity contribution < 1.29 is 9.53 Å². The van der Waals surface area contributed by atoms with Crippen LogP contribution in [0.3, 0.4) is 0 Å². The molecule has 1 spiro atoms. The van der Waals surface area contributed by atoms with Crippen LogP contribution in [0.25, 0.3) is 16.1 Å². The molecule has 180 valence electrons. The number of likely N-dealkylation sites (tertiary alicyclic amines) is 1. The average Bonchev–Trinajstić information content (AvgIpc) is 3.30. The van der Waals surface area contributed by atoms with Crippen LogP contribution in [0.4, 0.5) is 16.4 Å². The Bertz CT molecular complexity index is 1040. The van der Waals surface area contributed by atoms with E-state index in [9.17, 15) is 4.79 Å². The van der Waals surface area contributed by atoms with Crippen LogP contribution < -0.4 is 4.90 Å². The fourth-order valence-corrected chi connectivity index (χ4v) is 5.55. The second-order valence-electron chi connectivity index (χ2n) is 9.22. The van der Waals surface area contributed by atoms with Gasteiger partial charge in [0.2, 0.25) is 0 Å². The smallest absolute Gasteiger partial charge is 0.409 e. The molecule has 9 nitrogen and oxygen atoms in total. The van der Waals surface area contributed by atoms with Gasteiger partial charge in [0, 0.05) is 62.5 Å². The minimum absolute atomic E-state index is 0. The maximum Gasteiger partial charge on any atom is 0.409 e. The molecule has 3 fully saturated rings. The van der Waals surface area contributed by atoms with E-state index in [1.54, 1.807) is 6.20 Å². The minimum atomic E-state index is -0.167. The highest BCUT2D eigenvalue weighted by molar-refractivity contribution is 5.73. The summed E-state index contributed by atoms with van der Waals surface area (Å²) >= 11 is 0. The van der Waals surface area contributed by atoms with Crippen molar-refractivity contribution in [2.45, 2.75) is 39.7 Å². The van der Waals surface area contributed by atoms with Crippen molar-refractivity contribution >= 4 is 17.7 Å². The third-order valence-corrected chi connectivity index (χ3v) is 7.20. The Labute approximate surface area is 201 Å². The predicted octanol–water partition coefficient (Wildman–Crippen LogP) is 3.86. The fourth-order valence-electron chi connectivity index (χ4n) is 5.55. The lowest BCUT2D eigenvalue weighted by Crippen LogP contribution is -2.58. The van der Waals surface area contributed by atoms with Gasteiger partial charge < -0.3 is 19.4 Å². The summed E-state index contributed by atoms with van der Waals surface area (Å²) in [6, 6.07) is 4.52. The van der Waals surface area contributed by atoms with Crippen molar-refractivity contribution in [2.24, 2.45) is 5.41 Å². The summed E-state index contributed by atoms with van der Waals surface area (Å²) in [6.45, 7) is 14.9. The molecule has 1 amide bonds. The molecule has 0 N–H and O–H groups in total. The second kappa shape index (κ2) is 9.94. The zero-order valence-electron chi connectivity index (χ0n) is 19.0. The van der Waals surface area contributed by atoms with E-state index in [-0.39, 0.29) is 13.5 Å². The van der Waals surface area contributed by atoms with E-state index in [1.165, 1.54) is 25.5 Å². The number of carbonyl (C=O) groups is 1. The summed E-state index contributed by atoms with van der Waals surface area (Å²) in [5.41, 5.74) is 1.98. The Kier molecular flexibility index (Phi) is 6.98. The van der Waals surface area contributed by atoms with Crippen LogP contribution in [-0.4, -0.2) is 82.8 Å². The molecular weight excluding hydrogens is 430 g/mol. The van der Waals surface area contributed by atoms with E-state index in [4.69, 9.17) is 11.3 Å². The largest absolute Gasteiger partial charge is 0.450 e. The summed E-state index contributed by atoms with van der Waals surface area (Å²) in [5.74, 6) is 1.22. The maximum atomic E-state index is 11.9. The van der Waals surface area contributed by atoms with Gasteiger partial charge in [-0.3, -0.25) is 9.88 Å². The van der Waals surface area contributed by atoms with Crippen molar-refractivity contribution in [1.29, 1.82) is 0 Å². The molecule has 1 aliphatic carbocycles. The zero-order chi connectivity index (χ0) is 22.8. The molecule has 2 aromatic heterocycles. The molecule has 0 bridgehead atoms. The van der Waals surface area contributed by atoms with Gasteiger partial charge in [0.15, 0.2) is 0 Å². The lowest BCUT2D eigenvalue weighted by atomic mass is 9.78. The molecule has 1 unspecified atom stereocenters. The number of piperazine rings is 1. The average molecular weight is 464 g/mol. The van der Waals surface area contributed by atoms with E-state index in [2.05, 4.69) is 29.6 Å². The van der Waals surface area contributed by atoms with Crippen LogP contribution in [0.2, 0.25) is 0 Å². The van der Waals surface area contributed by atoms with Crippen LogP contribution in [0.5, 0.6) is 0 Å². The number of carbonyl (C=O) groups excluding carboxylic acids is 1. The number of pyridine rings is 1. The Morgan fingerprint density at radius 2 is 2.00 bits per heavy atom. The molecule has 0 radical (unpaired) electrons. The number of hydrogen-bond donors (Lipinski definition) is 0. The fraction of sp³-hybridized carbons (Fsp3) is 0.560. The molecule has 1 saturated carbocycles. The van der Waals surface area contributed by atoms with Gasteiger partial charge in [-0.05, 0) is 38.3 Å². The Morgan fingerprint density at radius 3 is 2.68 bits per heavy atom. The Morgan fingerprint density at radius 1 is 1.21 bits per heavy atom. The summed E-state index contributed by atoms with van der Waals surface area (Å²) in [7, 11) is 0. The van der Waals surface area contributed by atoms with Gasteiger partial charge in [0.05, 0.1) is 12.8 Å². The number of amides is 1. The standard InChI is InChI=1S/C24H29N7O2.CH4/c1-3-33-23(32)31-16-24(17-31)7-6-18(13-24)29-9-11-30(12-10-29)22-19(5-4-8-26-22)20-14-28-21(25-2)15-27-20;/h4-5,8,14-15,18H,3,6-7,9-13,16-17H2,1H3;1H4. The molecule has 9 heteroatoms. The van der Waals surface area contributed by atoms with Crippen LogP contribution in [-0.2, 0) is 4.74 Å². The van der Waals surface area contributed by atoms with Crippen molar-refractivity contribution in [1.82, 2.24) is 24.8 Å². The second-order valence-corrected chi connectivity index (χ2v) is 9.22. The first-order valence-electron chi connectivity index (χ1n) is 11.7. The molecule has 3 aliphatic rings. The third-order valence-electron chi connectivity index (χ3n) is 7.20. The number of aromatic nitrogens is 3. The highest BCUT2D eigenvalue weighted by Gasteiger charge is 2.51. The van der Waals surface area contributed by atoms with Crippen LogP contribution >= 0.6 is 0 Å². The van der Waals surface area contributed by atoms with Gasteiger partial charge in [-0.1, -0.05) is 14.0 Å². The highest BCUT2D eigenvalue weighted by atomic mass is 16.6. The monoisotopic (exact) mass is 463 g/mol. The molecule has 4 heterocycles. The summed E-state index contributed by atoms with van der Waals surface area (Å²) < 4.78 is 5.14. The van der Waals surface area contributed by atoms with Gasteiger partial charge in [0.1, 0.15) is 17.7 Å². The molecule has 5 rings (SSSR count). The first kappa shape index (κ1) is 23.9. The molecule has 2 saturated heterocycles. The summed E-state index contributed by atoms with van der Waals surface area (Å²) in [6.07, 6.45) is 8.38. The minimum Gasteiger partial charge on any atom is -0.450 e. The molecular formula is C25H33N7O2. The number of anilines is 1. The SMILES string of the molecule is C.[C-]#[N+]c1cnc(-c2cccnc2N2CCN(C3CCC4(C3)CN(C(=O)OCC)C4)CC2)cn1. The number of rotatable bonds is 4. The van der Waals surface area contributed by atoms with Crippen LogP contribution in [0.1, 0.15) is 33.6 Å². The molecule has 1 atom stereocenters. The van der Waals surface area contributed by atoms with E-state index < -0.39 is 0 Å². The number of ether oxygens (including phenoxy) is 1. The van der Waals surface area contributed by atoms with Gasteiger partial charge in [-0.2, -0.15) is 0 Å². The predicted molar refractivity (Wildman–Crippen MR) is 131 cm³/mol. The van der Waals surface area contributed by atoms with Crippen LogP contribution in [0.15, 0.2) is 30.7 Å². The molecule has 2 aliphatic heterocycles. The van der Waals surface area contributed by atoms with Gasteiger partial charge in [-0.15, -0.1) is 4.98 Å². The van der Waals surface area contributed by atoms with Gasteiger partial charge in [-0.25, -0.2) is 9.78 Å². The lowest BCUT2D eigenvalue weighted by Gasteiger charge is -2.48. The van der Waals surface area contributed by atoms with E-state index in [0.717, 1.165) is 56.3 Å². The molecule has 0 aromatic carbocycles. The molecule has 2 aromatic rings. The normalized spacial score (nSPS) is 21.5. The summed E-state index contributed by atoms with van der Waals surface area (Å²) in [5, 5.41) is 0. The van der Waals surface area contributed by atoms with Crippen molar-refractivity contribution in [3.63, 3.8) is 0 Å². The van der Waals surface area contributed by atoms with E-state index in [1.807, 2.05) is 30.2 Å². The first-order valence-corrected chi connectivity index (χ1v) is 11.7. The van der Waals surface area contributed by atoms with Crippen molar-refractivity contribution in [3.8, 4) is 11.3 Å². The van der Waals surface area contributed by atoms with Crippen LogP contribution in [0, 0.1) is 12.0 Å². The van der Waals surface area contributed by atoms with E-state index >= 15 is 0 Å². The first-order chi connectivity index (χ1) is 16.1. The van der Waals surface area contributed by atoms with Gasteiger partial charge >= 0.3 is 6.09 Å². The number of hydrogen-bond acceptors (Lipinski definition) is 7. The maximum absolute atomic E-state index is 11.9. The Hall–Kier alpha value is -3.25. The van der Waals surface area contributed by atoms with Crippen molar-refractivity contribution in [3.05, 3.63) is 42.1 Å². The summed E-state index contributed by atoms with van der Waals surface area (Å²) in [4.78, 5) is 35.3. The quantitative estimate of drug-likeness (QED) is 0.637. The molecule has 34 heavy (non-hydrogen) atoms. The third kappa shape index (κ3) is 4.55. The highest BCUT2D eigenvalue weighted by Crippen LogP contribution is 2.47. The zero-order valence-corrected chi connectivity index (χ0v) is 19.0.